The molecule has 0 atom stereocenters. The lowest BCUT2D eigenvalue weighted by Gasteiger charge is -2.30. The first kappa shape index (κ1) is 20.2. The van der Waals surface area contributed by atoms with E-state index in [0.29, 0.717) is 37.4 Å². The number of carbonyl (C=O) groups is 1. The van der Waals surface area contributed by atoms with Crippen molar-refractivity contribution in [3.8, 4) is 11.5 Å². The summed E-state index contributed by atoms with van der Waals surface area (Å²) in [6.45, 7) is 0.629. The van der Waals surface area contributed by atoms with Crippen molar-refractivity contribution in [2.45, 2.75) is 17.7 Å². The van der Waals surface area contributed by atoms with Crippen LogP contribution >= 0.6 is 0 Å². The van der Waals surface area contributed by atoms with Gasteiger partial charge in [-0.15, -0.1) is 0 Å². The van der Waals surface area contributed by atoms with Gasteiger partial charge in [-0.2, -0.15) is 4.31 Å². The standard InChI is InChI=1S/C20H24N2O5S/c1-26-17-5-3-16(4-6-17)21-20(23)15-11-13-22(14-12-15)28(24,25)19-9-7-18(27-2)8-10-19/h3-10,15H,11-14H2,1-2H3,(H,21,23). The van der Waals surface area contributed by atoms with E-state index in [2.05, 4.69) is 5.32 Å². The molecule has 0 unspecified atom stereocenters. The van der Waals surface area contributed by atoms with E-state index in [1.54, 1.807) is 43.5 Å². The number of anilines is 1. The summed E-state index contributed by atoms with van der Waals surface area (Å²) in [4.78, 5) is 12.7. The molecule has 1 fully saturated rings. The highest BCUT2D eigenvalue weighted by Gasteiger charge is 2.32. The predicted octanol–water partition coefficient (Wildman–Crippen LogP) is 2.74. The highest BCUT2D eigenvalue weighted by atomic mass is 32.2. The second kappa shape index (κ2) is 8.62. The summed E-state index contributed by atoms with van der Waals surface area (Å²) < 4.78 is 37.2. The zero-order valence-electron chi connectivity index (χ0n) is 15.9. The molecule has 8 heteroatoms. The maximum Gasteiger partial charge on any atom is 0.243 e. The molecule has 0 saturated carbocycles. The fourth-order valence-electron chi connectivity index (χ4n) is 3.17. The minimum atomic E-state index is -3.57. The van der Waals surface area contributed by atoms with Crippen LogP contribution in [0.15, 0.2) is 53.4 Å². The molecular weight excluding hydrogens is 380 g/mol. The Kier molecular flexibility index (Phi) is 6.21. The molecule has 3 rings (SSSR count). The molecule has 7 nitrogen and oxygen atoms in total. The summed E-state index contributed by atoms with van der Waals surface area (Å²) in [7, 11) is -0.453. The number of nitrogens with one attached hydrogen (secondary N) is 1. The van der Waals surface area contributed by atoms with E-state index in [0.717, 1.165) is 5.75 Å². The Morgan fingerprint density at radius 2 is 1.43 bits per heavy atom. The predicted molar refractivity (Wildman–Crippen MR) is 106 cm³/mol. The zero-order valence-corrected chi connectivity index (χ0v) is 16.7. The summed E-state index contributed by atoms with van der Waals surface area (Å²) in [5.74, 6) is 1.01. The van der Waals surface area contributed by atoms with Crippen LogP contribution in [0.1, 0.15) is 12.8 Å². The lowest BCUT2D eigenvalue weighted by Crippen LogP contribution is -2.41. The third kappa shape index (κ3) is 4.45. The van der Waals surface area contributed by atoms with Gasteiger partial charge in [-0.1, -0.05) is 0 Å². The van der Waals surface area contributed by atoms with Crippen LogP contribution in [0.3, 0.4) is 0 Å². The molecular formula is C20H24N2O5S. The van der Waals surface area contributed by atoms with Crippen molar-refractivity contribution in [1.82, 2.24) is 4.31 Å². The van der Waals surface area contributed by atoms with Gasteiger partial charge >= 0.3 is 0 Å². The lowest BCUT2D eigenvalue weighted by molar-refractivity contribution is -0.120. The first-order valence-corrected chi connectivity index (χ1v) is 10.5. The Morgan fingerprint density at radius 1 is 0.929 bits per heavy atom. The molecule has 0 bridgehead atoms. The Balaban J connectivity index is 1.58. The van der Waals surface area contributed by atoms with E-state index in [1.165, 1.54) is 23.5 Å². The Labute approximate surface area is 165 Å². The number of methoxy groups -OCH3 is 2. The normalized spacial score (nSPS) is 15.8. The van der Waals surface area contributed by atoms with Crippen molar-refractivity contribution in [1.29, 1.82) is 0 Å². The molecule has 0 aromatic heterocycles. The summed E-state index contributed by atoms with van der Waals surface area (Å²) in [6.07, 6.45) is 0.967. The fraction of sp³-hybridized carbons (Fsp3) is 0.350. The zero-order chi connectivity index (χ0) is 20.1. The lowest BCUT2D eigenvalue weighted by atomic mass is 9.97. The highest BCUT2D eigenvalue weighted by Crippen LogP contribution is 2.26. The van der Waals surface area contributed by atoms with Gasteiger partial charge in [0.05, 0.1) is 19.1 Å². The summed E-state index contributed by atoms with van der Waals surface area (Å²) >= 11 is 0. The molecule has 0 radical (unpaired) electrons. The van der Waals surface area contributed by atoms with E-state index in [1.807, 2.05) is 0 Å². The number of sulfonamides is 1. The van der Waals surface area contributed by atoms with Gasteiger partial charge in [-0.3, -0.25) is 4.79 Å². The number of amides is 1. The summed E-state index contributed by atoms with van der Waals surface area (Å²) in [5.41, 5.74) is 0.694. The summed E-state index contributed by atoms with van der Waals surface area (Å²) in [5, 5.41) is 2.88. The Morgan fingerprint density at radius 3 is 1.93 bits per heavy atom. The number of benzene rings is 2. The molecule has 1 aliphatic heterocycles. The first-order valence-electron chi connectivity index (χ1n) is 9.03. The van der Waals surface area contributed by atoms with Crippen molar-refractivity contribution in [2.75, 3.05) is 32.6 Å². The molecule has 0 aliphatic carbocycles. The number of hydrogen-bond donors (Lipinski definition) is 1. The smallest absolute Gasteiger partial charge is 0.243 e. The van der Waals surface area contributed by atoms with Crippen molar-refractivity contribution >= 4 is 21.6 Å². The van der Waals surface area contributed by atoms with Crippen LogP contribution in [0, 0.1) is 5.92 Å². The van der Waals surface area contributed by atoms with Gasteiger partial charge in [0.2, 0.25) is 15.9 Å². The van der Waals surface area contributed by atoms with E-state index < -0.39 is 10.0 Å². The minimum absolute atomic E-state index is 0.0911. The van der Waals surface area contributed by atoms with Gasteiger partial charge in [0.15, 0.2) is 0 Å². The molecule has 1 aliphatic rings. The molecule has 1 N–H and O–H groups in total. The van der Waals surface area contributed by atoms with Crippen molar-refractivity contribution < 1.29 is 22.7 Å². The quantitative estimate of drug-likeness (QED) is 0.800. The van der Waals surface area contributed by atoms with Crippen LogP contribution in [0.25, 0.3) is 0 Å². The Hall–Kier alpha value is -2.58. The van der Waals surface area contributed by atoms with Gasteiger partial charge in [-0.25, -0.2) is 8.42 Å². The second-order valence-electron chi connectivity index (χ2n) is 6.57. The van der Waals surface area contributed by atoms with Crippen molar-refractivity contribution in [3.05, 3.63) is 48.5 Å². The topological polar surface area (TPSA) is 84.9 Å². The van der Waals surface area contributed by atoms with E-state index in [9.17, 15) is 13.2 Å². The SMILES string of the molecule is COc1ccc(NC(=O)C2CCN(S(=O)(=O)c3ccc(OC)cc3)CC2)cc1. The molecule has 28 heavy (non-hydrogen) atoms. The van der Waals surface area contributed by atoms with Crippen LogP contribution in [0.2, 0.25) is 0 Å². The average Bonchev–Trinajstić information content (AvgIpc) is 2.74. The largest absolute Gasteiger partial charge is 0.497 e. The molecule has 1 amide bonds. The fourth-order valence-corrected chi connectivity index (χ4v) is 4.64. The van der Waals surface area contributed by atoms with Crippen LogP contribution in [-0.4, -0.2) is 45.9 Å². The van der Waals surface area contributed by atoms with Crippen LogP contribution in [0.5, 0.6) is 11.5 Å². The number of hydrogen-bond acceptors (Lipinski definition) is 5. The van der Waals surface area contributed by atoms with E-state index in [-0.39, 0.29) is 16.7 Å². The van der Waals surface area contributed by atoms with E-state index >= 15 is 0 Å². The van der Waals surface area contributed by atoms with Crippen LogP contribution in [-0.2, 0) is 14.8 Å². The van der Waals surface area contributed by atoms with Crippen molar-refractivity contribution in [3.63, 3.8) is 0 Å². The summed E-state index contributed by atoms with van der Waals surface area (Å²) in [6, 6.07) is 13.4. The number of ether oxygens (including phenoxy) is 2. The number of nitrogens with zero attached hydrogens (tertiary/aromatic N) is 1. The highest BCUT2D eigenvalue weighted by molar-refractivity contribution is 7.89. The molecule has 2 aromatic carbocycles. The molecule has 1 saturated heterocycles. The van der Waals surface area contributed by atoms with Gasteiger partial charge < -0.3 is 14.8 Å². The number of rotatable bonds is 6. The number of carbonyl (C=O) groups excluding carboxylic acids is 1. The van der Waals surface area contributed by atoms with Gasteiger partial charge in [-0.05, 0) is 61.4 Å². The van der Waals surface area contributed by atoms with Crippen molar-refractivity contribution in [2.24, 2.45) is 5.92 Å². The third-order valence-electron chi connectivity index (χ3n) is 4.88. The van der Waals surface area contributed by atoms with Crippen LogP contribution < -0.4 is 14.8 Å². The van der Waals surface area contributed by atoms with Gasteiger partial charge in [0, 0.05) is 24.7 Å². The second-order valence-corrected chi connectivity index (χ2v) is 8.51. The van der Waals surface area contributed by atoms with E-state index in [4.69, 9.17) is 9.47 Å². The number of piperidine rings is 1. The monoisotopic (exact) mass is 404 g/mol. The minimum Gasteiger partial charge on any atom is -0.497 e. The maximum absolute atomic E-state index is 12.8. The van der Waals surface area contributed by atoms with Gasteiger partial charge in [0.1, 0.15) is 11.5 Å². The Bertz CT molecular complexity index is 903. The molecule has 1 heterocycles. The molecule has 2 aromatic rings. The third-order valence-corrected chi connectivity index (χ3v) is 6.79. The molecule has 0 spiro atoms. The average molecular weight is 404 g/mol. The first-order chi connectivity index (χ1) is 13.4. The maximum atomic E-state index is 12.8. The van der Waals surface area contributed by atoms with Crippen LogP contribution in [0.4, 0.5) is 5.69 Å². The van der Waals surface area contributed by atoms with Gasteiger partial charge in [0.25, 0.3) is 0 Å². The molecule has 150 valence electrons.